The van der Waals surface area contributed by atoms with Gasteiger partial charge in [-0.2, -0.15) is 9.61 Å². The highest BCUT2D eigenvalue weighted by Crippen LogP contribution is 2.26. The molecule has 0 saturated carbocycles. The van der Waals surface area contributed by atoms with Crippen LogP contribution in [0.4, 0.5) is 0 Å². The van der Waals surface area contributed by atoms with E-state index in [4.69, 9.17) is 16.3 Å². The number of pyridine rings is 1. The molecule has 0 aliphatic rings. The van der Waals surface area contributed by atoms with Gasteiger partial charge in [-0.25, -0.2) is 4.98 Å². The fraction of sp³-hybridized carbons (Fsp3) is 0.0526. The summed E-state index contributed by atoms with van der Waals surface area (Å²) in [4.78, 5) is 5.37. The molecule has 0 amide bonds. The third-order valence-corrected chi connectivity index (χ3v) is 5.23. The van der Waals surface area contributed by atoms with Crippen LogP contribution in [-0.2, 0) is 6.61 Å². The van der Waals surface area contributed by atoms with E-state index in [0.29, 0.717) is 28.2 Å². The molecule has 5 aromatic rings. The van der Waals surface area contributed by atoms with Gasteiger partial charge < -0.3 is 4.74 Å². The molecule has 6 nitrogen and oxygen atoms in total. The smallest absolute Gasteiger partial charge is 0.235 e. The molecule has 0 aliphatic carbocycles. The molecule has 0 N–H and O–H groups in total. The van der Waals surface area contributed by atoms with Crippen LogP contribution in [0.5, 0.6) is 5.75 Å². The van der Waals surface area contributed by atoms with Crippen LogP contribution in [0.3, 0.4) is 0 Å². The minimum Gasteiger partial charge on any atom is -0.485 e. The van der Waals surface area contributed by atoms with Crippen molar-refractivity contribution in [2.45, 2.75) is 6.61 Å². The maximum atomic E-state index is 6.12. The molecule has 0 unspecified atom stereocenters. The summed E-state index contributed by atoms with van der Waals surface area (Å²) in [6.07, 6.45) is 0. The van der Waals surface area contributed by atoms with Gasteiger partial charge in [-0.05, 0) is 24.3 Å². The van der Waals surface area contributed by atoms with Crippen LogP contribution in [0, 0.1) is 0 Å². The van der Waals surface area contributed by atoms with Crippen molar-refractivity contribution in [2.75, 3.05) is 0 Å². The molecule has 0 aliphatic heterocycles. The first-order chi connectivity index (χ1) is 13.3. The quantitative estimate of drug-likeness (QED) is 0.445. The summed E-state index contributed by atoms with van der Waals surface area (Å²) < 4.78 is 7.47. The summed E-state index contributed by atoms with van der Waals surface area (Å²) in [6, 6.07) is 19.3. The summed E-state index contributed by atoms with van der Waals surface area (Å²) in [6.45, 7) is 0.308. The van der Waals surface area contributed by atoms with E-state index < -0.39 is 0 Å². The Hall–Kier alpha value is -3.03. The number of benzene rings is 2. The van der Waals surface area contributed by atoms with Crippen molar-refractivity contribution >= 4 is 38.8 Å². The number of halogens is 1. The van der Waals surface area contributed by atoms with Crippen LogP contribution >= 0.6 is 22.9 Å². The first-order valence-electron chi connectivity index (χ1n) is 8.22. The molecule has 0 radical (unpaired) electrons. The van der Waals surface area contributed by atoms with Gasteiger partial charge in [0.15, 0.2) is 5.01 Å². The zero-order valence-electron chi connectivity index (χ0n) is 13.9. The maximum absolute atomic E-state index is 6.12. The molecule has 0 saturated heterocycles. The molecule has 132 valence electrons. The normalized spacial score (nSPS) is 11.3. The van der Waals surface area contributed by atoms with Crippen LogP contribution in [0.15, 0.2) is 60.7 Å². The van der Waals surface area contributed by atoms with Crippen LogP contribution < -0.4 is 4.74 Å². The van der Waals surface area contributed by atoms with Crippen molar-refractivity contribution in [1.82, 2.24) is 24.8 Å². The summed E-state index contributed by atoms with van der Waals surface area (Å²) in [5, 5.41) is 15.5. The Balaban J connectivity index is 1.46. The highest BCUT2D eigenvalue weighted by atomic mass is 35.5. The number of hydrogen-bond acceptors (Lipinski definition) is 6. The van der Waals surface area contributed by atoms with Crippen LogP contribution in [0.2, 0.25) is 5.02 Å². The Kier molecular flexibility index (Phi) is 3.95. The van der Waals surface area contributed by atoms with Crippen LogP contribution in [-0.4, -0.2) is 24.8 Å². The molecule has 8 heteroatoms. The van der Waals surface area contributed by atoms with Crippen LogP contribution in [0.25, 0.3) is 27.4 Å². The van der Waals surface area contributed by atoms with Gasteiger partial charge in [-0.3, -0.25) is 0 Å². The summed E-state index contributed by atoms with van der Waals surface area (Å²) >= 11 is 7.55. The molecule has 0 spiro atoms. The van der Waals surface area contributed by atoms with Crippen molar-refractivity contribution in [3.63, 3.8) is 0 Å². The summed E-state index contributed by atoms with van der Waals surface area (Å²) in [7, 11) is 0. The van der Waals surface area contributed by atoms with Crippen molar-refractivity contribution in [2.24, 2.45) is 0 Å². The van der Waals surface area contributed by atoms with Crippen LogP contribution in [0.1, 0.15) is 5.01 Å². The fourth-order valence-electron chi connectivity index (χ4n) is 2.77. The van der Waals surface area contributed by atoms with Crippen molar-refractivity contribution in [3.8, 4) is 17.3 Å². The molecule has 0 atom stereocenters. The number of para-hydroxylation sites is 2. The average molecular weight is 394 g/mol. The van der Waals surface area contributed by atoms with Gasteiger partial charge in [-0.15, -0.1) is 10.2 Å². The first-order valence-corrected chi connectivity index (χ1v) is 9.42. The molecular weight excluding hydrogens is 382 g/mol. The topological polar surface area (TPSA) is 65.2 Å². The van der Waals surface area contributed by atoms with Gasteiger partial charge in [0.25, 0.3) is 0 Å². The monoisotopic (exact) mass is 393 g/mol. The van der Waals surface area contributed by atoms with E-state index in [1.165, 1.54) is 11.3 Å². The molecule has 3 aromatic heterocycles. The fourth-order valence-corrected chi connectivity index (χ4v) is 3.70. The highest BCUT2D eigenvalue weighted by molar-refractivity contribution is 7.16. The Labute approximate surface area is 163 Å². The standard InChI is InChI=1S/C19H12ClN5OS/c20-13-6-2-4-8-16(13)26-11-17-24-25-18(22-23-19(25)27-17)15-10-9-12-5-1-3-7-14(12)21-15/h1-10H,11H2. The molecule has 0 fully saturated rings. The highest BCUT2D eigenvalue weighted by Gasteiger charge is 2.15. The van der Waals surface area contributed by atoms with E-state index in [0.717, 1.165) is 21.6 Å². The summed E-state index contributed by atoms with van der Waals surface area (Å²) in [5.74, 6) is 1.23. The van der Waals surface area contributed by atoms with E-state index in [9.17, 15) is 0 Å². The minimum absolute atomic E-state index is 0.308. The molecule has 0 bridgehead atoms. The van der Waals surface area contributed by atoms with Gasteiger partial charge in [0.05, 0.1) is 10.5 Å². The number of aromatic nitrogens is 5. The zero-order chi connectivity index (χ0) is 18.2. The largest absolute Gasteiger partial charge is 0.485 e. The average Bonchev–Trinajstić information content (AvgIpc) is 3.27. The Morgan fingerprint density at radius 3 is 2.74 bits per heavy atom. The van der Waals surface area contributed by atoms with Crippen molar-refractivity contribution < 1.29 is 4.74 Å². The van der Waals surface area contributed by atoms with Gasteiger partial charge in [0.2, 0.25) is 10.8 Å². The van der Waals surface area contributed by atoms with Crippen molar-refractivity contribution in [3.05, 3.63) is 70.7 Å². The molecule has 5 rings (SSSR count). The second-order valence-corrected chi connectivity index (χ2v) is 7.27. The van der Waals surface area contributed by atoms with Gasteiger partial charge in [-0.1, -0.05) is 59.3 Å². The predicted octanol–water partition coefficient (Wildman–Crippen LogP) is 4.63. The lowest BCUT2D eigenvalue weighted by Crippen LogP contribution is -1.98. The lowest BCUT2D eigenvalue weighted by molar-refractivity contribution is 0.304. The van der Waals surface area contributed by atoms with E-state index in [1.54, 1.807) is 10.6 Å². The minimum atomic E-state index is 0.308. The molecule has 27 heavy (non-hydrogen) atoms. The zero-order valence-corrected chi connectivity index (χ0v) is 15.5. The molecular formula is C19H12ClN5OS. The van der Waals surface area contributed by atoms with Crippen molar-refractivity contribution in [1.29, 1.82) is 0 Å². The second kappa shape index (κ2) is 6.61. The second-order valence-electron chi connectivity index (χ2n) is 5.82. The number of fused-ring (bicyclic) bond motifs is 2. The SMILES string of the molecule is Clc1ccccc1OCc1nn2c(-c3ccc4ccccc4n3)nnc2s1. The summed E-state index contributed by atoms with van der Waals surface area (Å²) in [5.41, 5.74) is 1.63. The molecule has 3 heterocycles. The third-order valence-electron chi connectivity index (χ3n) is 4.05. The number of rotatable bonds is 4. The first kappa shape index (κ1) is 16.2. The lowest BCUT2D eigenvalue weighted by atomic mass is 10.2. The number of hydrogen-bond donors (Lipinski definition) is 0. The van der Waals surface area contributed by atoms with Gasteiger partial charge >= 0.3 is 0 Å². The Morgan fingerprint density at radius 2 is 1.81 bits per heavy atom. The number of ether oxygens (including phenoxy) is 1. The van der Waals surface area contributed by atoms with E-state index >= 15 is 0 Å². The van der Waals surface area contributed by atoms with E-state index in [-0.39, 0.29) is 0 Å². The lowest BCUT2D eigenvalue weighted by Gasteiger charge is -2.04. The molecule has 2 aromatic carbocycles. The van der Waals surface area contributed by atoms with E-state index in [2.05, 4.69) is 20.3 Å². The Morgan fingerprint density at radius 1 is 0.963 bits per heavy atom. The number of nitrogens with zero attached hydrogens (tertiary/aromatic N) is 5. The van der Waals surface area contributed by atoms with E-state index in [1.807, 2.05) is 54.6 Å². The third kappa shape index (κ3) is 3.01. The maximum Gasteiger partial charge on any atom is 0.235 e. The van der Waals surface area contributed by atoms with Gasteiger partial charge in [0, 0.05) is 5.39 Å². The predicted molar refractivity (Wildman–Crippen MR) is 105 cm³/mol. The Bertz CT molecular complexity index is 1270. The van der Waals surface area contributed by atoms with Gasteiger partial charge in [0.1, 0.15) is 18.1 Å².